The van der Waals surface area contributed by atoms with Crippen molar-refractivity contribution in [3.05, 3.63) is 88.1 Å². The second-order valence-electron chi connectivity index (χ2n) is 12.0. The van der Waals surface area contributed by atoms with Crippen LogP contribution in [0.4, 0.5) is 10.5 Å². The molecule has 12 nitrogen and oxygen atoms in total. The van der Waals surface area contributed by atoms with Gasteiger partial charge in [-0.15, -0.1) is 11.3 Å². The van der Waals surface area contributed by atoms with Crippen LogP contribution in [0, 0.1) is 0 Å². The number of ether oxygens (including phenoxy) is 2. The van der Waals surface area contributed by atoms with Crippen molar-refractivity contribution in [3.8, 4) is 27.3 Å². The molecule has 1 aliphatic rings. The molecule has 4 aromatic rings. The van der Waals surface area contributed by atoms with E-state index >= 15 is 0 Å². The van der Waals surface area contributed by atoms with Gasteiger partial charge in [-0.2, -0.15) is 0 Å². The summed E-state index contributed by atoms with van der Waals surface area (Å²) in [5, 5.41) is 29.3. The number of nitrogens with one attached hydrogen (secondary N) is 3. The monoisotopic (exact) mass is 672 g/mol. The van der Waals surface area contributed by atoms with E-state index < -0.39 is 35.2 Å². The third kappa shape index (κ3) is 8.17. The molecule has 2 aromatic heterocycles. The first-order chi connectivity index (χ1) is 22.9. The van der Waals surface area contributed by atoms with Crippen LogP contribution < -0.4 is 20.7 Å². The van der Waals surface area contributed by atoms with Crippen molar-refractivity contribution >= 4 is 40.9 Å². The van der Waals surface area contributed by atoms with Gasteiger partial charge in [-0.3, -0.25) is 9.59 Å². The topological polar surface area (TPSA) is 176 Å². The molecule has 0 radical (unpaired) electrons. The summed E-state index contributed by atoms with van der Waals surface area (Å²) in [5.74, 6) is -1.98. The zero-order chi connectivity index (χ0) is 34.4. The predicted octanol–water partition coefficient (Wildman–Crippen LogP) is 5.50. The lowest BCUT2D eigenvalue weighted by Gasteiger charge is -2.19. The van der Waals surface area contributed by atoms with E-state index in [1.165, 1.54) is 23.5 Å². The molecule has 0 aliphatic carbocycles. The molecule has 1 aliphatic heterocycles. The van der Waals surface area contributed by atoms with Crippen molar-refractivity contribution in [2.24, 2.45) is 0 Å². The minimum atomic E-state index is -1.38. The second kappa shape index (κ2) is 14.7. The molecule has 3 heterocycles. The van der Waals surface area contributed by atoms with Crippen LogP contribution in [0.2, 0.25) is 0 Å². The van der Waals surface area contributed by atoms with E-state index in [9.17, 15) is 24.3 Å². The van der Waals surface area contributed by atoms with E-state index in [-0.39, 0.29) is 42.1 Å². The van der Waals surface area contributed by atoms with Crippen molar-refractivity contribution in [2.75, 3.05) is 25.1 Å². The fourth-order valence-corrected chi connectivity index (χ4v) is 6.03. The summed E-state index contributed by atoms with van der Waals surface area (Å²) in [6.45, 7) is 6.04. The molecule has 5 N–H and O–H groups in total. The van der Waals surface area contributed by atoms with Gasteiger partial charge in [-0.1, -0.05) is 12.1 Å². The molecule has 0 bridgehead atoms. The van der Waals surface area contributed by atoms with Crippen LogP contribution in [0.5, 0.6) is 5.75 Å². The number of anilines is 1. The quantitative estimate of drug-likeness (QED) is 0.136. The average molecular weight is 673 g/mol. The molecule has 0 atom stereocenters. The standard InChI is InChI=1S/C35H36N4O8S/c1-35(2,3)47-34(45)37-19-20-5-7-22(8-6-20)38-31(41)25-17-26-28(46-15-11-21-12-16-48-30(21)26)18-24(25)23-9-10-27(39-29(23)33(43)44)32(42)36-13-4-14-40/h5-10,12,16-18,40H,4,11,13-15,19H2,1-3H3,(H,36,42)(H,37,45)(H,38,41)(H,43,44). The number of fused-ring (bicyclic) bond motifs is 3. The number of aromatic carboxylic acids is 1. The number of pyridine rings is 1. The van der Waals surface area contributed by atoms with Crippen molar-refractivity contribution in [1.29, 1.82) is 0 Å². The van der Waals surface area contributed by atoms with Crippen LogP contribution in [0.3, 0.4) is 0 Å². The van der Waals surface area contributed by atoms with Crippen molar-refractivity contribution in [1.82, 2.24) is 15.6 Å². The van der Waals surface area contributed by atoms with Gasteiger partial charge in [0.25, 0.3) is 11.8 Å². The molecule has 0 saturated carbocycles. The largest absolute Gasteiger partial charge is 0.493 e. The Morgan fingerprint density at radius 1 is 0.958 bits per heavy atom. The summed E-state index contributed by atoms with van der Waals surface area (Å²) in [6, 6.07) is 15.1. The zero-order valence-electron chi connectivity index (χ0n) is 26.7. The number of rotatable bonds is 10. The number of carboxylic acids is 1. The number of hydrogen-bond acceptors (Lipinski definition) is 9. The molecule has 0 fully saturated rings. The van der Waals surface area contributed by atoms with Gasteiger partial charge in [0.05, 0.1) is 6.61 Å². The predicted molar refractivity (Wildman–Crippen MR) is 181 cm³/mol. The first kappa shape index (κ1) is 34.1. The number of hydrogen-bond donors (Lipinski definition) is 5. The SMILES string of the molecule is CC(C)(C)OC(=O)NCc1ccc(NC(=O)c2cc3c(cc2-c2ccc(C(=O)NCCCO)nc2C(=O)O)OCCc2ccsc2-3)cc1. The maximum Gasteiger partial charge on any atom is 0.407 e. The number of aliphatic hydroxyl groups excluding tert-OH is 1. The Kier molecular flexibility index (Phi) is 10.4. The van der Waals surface area contributed by atoms with E-state index in [2.05, 4.69) is 20.9 Å². The Morgan fingerprint density at radius 2 is 1.73 bits per heavy atom. The van der Waals surface area contributed by atoms with E-state index in [1.807, 2.05) is 11.4 Å². The molecule has 0 unspecified atom stereocenters. The van der Waals surface area contributed by atoms with Gasteiger partial charge in [0.2, 0.25) is 0 Å². The Morgan fingerprint density at radius 3 is 2.44 bits per heavy atom. The van der Waals surface area contributed by atoms with Gasteiger partial charge in [-0.05, 0) is 86.2 Å². The number of nitrogens with zero attached hydrogens (tertiary/aromatic N) is 1. The van der Waals surface area contributed by atoms with Gasteiger partial charge < -0.3 is 35.6 Å². The third-order valence-electron chi connectivity index (χ3n) is 7.27. The number of aromatic nitrogens is 1. The van der Waals surface area contributed by atoms with Crippen LogP contribution in [-0.4, -0.2) is 64.4 Å². The highest BCUT2D eigenvalue weighted by Crippen LogP contribution is 2.43. The lowest BCUT2D eigenvalue weighted by Crippen LogP contribution is -2.32. The van der Waals surface area contributed by atoms with E-state index in [0.717, 1.165) is 16.0 Å². The van der Waals surface area contributed by atoms with E-state index in [1.54, 1.807) is 57.2 Å². The molecular formula is C35H36N4O8S. The number of carbonyl (C=O) groups is 4. The summed E-state index contributed by atoms with van der Waals surface area (Å²) in [6.07, 6.45) is 0.460. The number of alkyl carbamates (subject to hydrolysis) is 1. The van der Waals surface area contributed by atoms with Gasteiger partial charge in [-0.25, -0.2) is 14.6 Å². The number of amides is 3. The summed E-state index contributed by atoms with van der Waals surface area (Å²) < 4.78 is 11.4. The highest BCUT2D eigenvalue weighted by Gasteiger charge is 2.26. The van der Waals surface area contributed by atoms with Crippen LogP contribution in [0.1, 0.15) is 69.7 Å². The fraction of sp³-hybridized carbons (Fsp3) is 0.286. The highest BCUT2D eigenvalue weighted by atomic mass is 32.1. The maximum absolute atomic E-state index is 14.0. The molecule has 2 aromatic carbocycles. The normalized spacial score (nSPS) is 12.1. The summed E-state index contributed by atoms with van der Waals surface area (Å²) in [7, 11) is 0. The molecule has 3 amide bonds. The second-order valence-corrected chi connectivity index (χ2v) is 12.9. The van der Waals surface area contributed by atoms with Gasteiger partial charge in [0.1, 0.15) is 17.0 Å². The zero-order valence-corrected chi connectivity index (χ0v) is 27.5. The minimum absolute atomic E-state index is 0.110. The Hall–Kier alpha value is -5.27. The van der Waals surface area contributed by atoms with Crippen LogP contribution >= 0.6 is 11.3 Å². The summed E-state index contributed by atoms with van der Waals surface area (Å²) in [5.41, 5.74) is 2.47. The molecule has 48 heavy (non-hydrogen) atoms. The van der Waals surface area contributed by atoms with Crippen LogP contribution in [0.25, 0.3) is 21.6 Å². The number of benzene rings is 2. The highest BCUT2D eigenvalue weighted by molar-refractivity contribution is 7.13. The number of carboxylic acid groups (broad SMARTS) is 1. The molecular weight excluding hydrogens is 636 g/mol. The Labute approximate surface area is 281 Å². The lowest BCUT2D eigenvalue weighted by atomic mass is 9.93. The number of aliphatic hydroxyl groups is 1. The number of carbonyl (C=O) groups excluding carboxylic acids is 3. The van der Waals surface area contributed by atoms with Gasteiger partial charge >= 0.3 is 12.1 Å². The van der Waals surface area contributed by atoms with Crippen molar-refractivity contribution in [3.63, 3.8) is 0 Å². The Bertz CT molecular complexity index is 1850. The minimum Gasteiger partial charge on any atom is -0.493 e. The van der Waals surface area contributed by atoms with Crippen LogP contribution in [0.15, 0.2) is 60.0 Å². The number of thiophene rings is 1. The molecule has 0 spiro atoms. The Balaban J connectivity index is 1.49. The van der Waals surface area contributed by atoms with Crippen molar-refractivity contribution in [2.45, 2.75) is 45.8 Å². The lowest BCUT2D eigenvalue weighted by molar-refractivity contribution is 0.0522. The molecule has 13 heteroatoms. The first-order valence-corrected chi connectivity index (χ1v) is 16.2. The van der Waals surface area contributed by atoms with E-state index in [4.69, 9.17) is 14.6 Å². The maximum atomic E-state index is 14.0. The average Bonchev–Trinajstić information content (AvgIpc) is 3.44. The van der Waals surface area contributed by atoms with Gasteiger partial charge in [0, 0.05) is 58.9 Å². The van der Waals surface area contributed by atoms with E-state index in [0.29, 0.717) is 36.4 Å². The van der Waals surface area contributed by atoms with Gasteiger partial charge in [0.15, 0.2) is 5.69 Å². The molecule has 0 saturated heterocycles. The van der Waals surface area contributed by atoms with Crippen molar-refractivity contribution < 1.29 is 38.9 Å². The molecule has 250 valence electrons. The van der Waals surface area contributed by atoms with Crippen LogP contribution in [-0.2, 0) is 17.7 Å². The summed E-state index contributed by atoms with van der Waals surface area (Å²) in [4.78, 5) is 56.2. The fourth-order valence-electron chi connectivity index (χ4n) is 5.06. The first-order valence-electron chi connectivity index (χ1n) is 15.3. The summed E-state index contributed by atoms with van der Waals surface area (Å²) >= 11 is 1.52. The smallest absolute Gasteiger partial charge is 0.407 e. The third-order valence-corrected chi connectivity index (χ3v) is 8.26. The molecule has 5 rings (SSSR count).